The first-order valence-corrected chi connectivity index (χ1v) is 11.8. The van der Waals surface area contributed by atoms with E-state index in [1.54, 1.807) is 24.3 Å². The van der Waals surface area contributed by atoms with Gasteiger partial charge in [0.25, 0.3) is 5.89 Å². The number of imide groups is 1. The summed E-state index contributed by atoms with van der Waals surface area (Å²) in [4.78, 5) is 38.1. The van der Waals surface area contributed by atoms with Crippen molar-refractivity contribution < 1.29 is 41.1 Å². The molecule has 1 aliphatic carbocycles. The van der Waals surface area contributed by atoms with Gasteiger partial charge in [0.05, 0.1) is 6.10 Å². The molecule has 1 saturated heterocycles. The highest BCUT2D eigenvalue weighted by atomic mass is 35.5. The van der Waals surface area contributed by atoms with Gasteiger partial charge >= 0.3 is 18.2 Å². The molecule has 0 radical (unpaired) electrons. The normalized spacial score (nSPS) is 20.6. The lowest BCUT2D eigenvalue weighted by Gasteiger charge is -2.34. The maximum Gasteiger partial charge on any atom is 0.522 e. The molecule has 1 aromatic carbocycles. The maximum atomic E-state index is 12.5. The zero-order valence-corrected chi connectivity index (χ0v) is 19.8. The van der Waals surface area contributed by atoms with Crippen molar-refractivity contribution >= 4 is 40.3 Å². The molecule has 0 spiro atoms. The Morgan fingerprint density at radius 2 is 1.81 bits per heavy atom. The van der Waals surface area contributed by atoms with Crippen LogP contribution in [-0.4, -0.2) is 58.4 Å². The summed E-state index contributed by atoms with van der Waals surface area (Å²) < 4.78 is 51.9. The van der Waals surface area contributed by atoms with Crippen molar-refractivity contribution in [2.75, 3.05) is 13.1 Å². The molecule has 196 valence electrons. The predicted molar refractivity (Wildman–Crippen MR) is 120 cm³/mol. The molecule has 1 saturated carbocycles. The van der Waals surface area contributed by atoms with Crippen LogP contribution in [-0.2, 0) is 19.1 Å². The quantitative estimate of drug-likeness (QED) is 0.495. The summed E-state index contributed by atoms with van der Waals surface area (Å²) in [5.41, 5.74) is 0.620. The number of carbonyl (C=O) groups is 3. The van der Waals surface area contributed by atoms with Crippen LogP contribution >= 0.6 is 11.6 Å². The van der Waals surface area contributed by atoms with E-state index in [0.717, 1.165) is 5.39 Å². The second-order valence-corrected chi connectivity index (χ2v) is 9.41. The summed E-state index contributed by atoms with van der Waals surface area (Å²) in [6.07, 6.45) is -5.36. The van der Waals surface area contributed by atoms with E-state index in [-0.39, 0.29) is 37.7 Å². The van der Waals surface area contributed by atoms with Crippen LogP contribution in [0.25, 0.3) is 22.6 Å². The largest absolute Gasteiger partial charge is 0.522 e. The van der Waals surface area contributed by atoms with Crippen molar-refractivity contribution in [3.63, 3.8) is 0 Å². The smallest absolute Gasteiger partial charge is 0.451 e. The van der Waals surface area contributed by atoms with Crippen molar-refractivity contribution in [3.8, 4) is 11.7 Å². The molecule has 14 heteroatoms. The average molecular weight is 541 g/mol. The molecule has 0 unspecified atom stereocenters. The first kappa shape index (κ1) is 25.2. The number of ether oxygens (including phenoxy) is 1. The van der Waals surface area contributed by atoms with Gasteiger partial charge in [-0.15, -0.1) is 23.4 Å². The third-order valence-corrected chi connectivity index (χ3v) is 6.69. The van der Waals surface area contributed by atoms with Crippen molar-refractivity contribution in [2.24, 2.45) is 5.92 Å². The molecular formula is C23H20ClF3N4O6. The van der Waals surface area contributed by atoms with E-state index in [0.29, 0.717) is 35.1 Å². The van der Waals surface area contributed by atoms with E-state index >= 15 is 0 Å². The molecule has 2 aliphatic rings. The second kappa shape index (κ2) is 9.78. The van der Waals surface area contributed by atoms with E-state index in [1.807, 2.05) is 5.32 Å². The van der Waals surface area contributed by atoms with Crippen LogP contribution in [0, 0.1) is 5.92 Å². The maximum absolute atomic E-state index is 12.5. The number of carbonyl (C=O) groups excluding carboxylic acids is 3. The van der Waals surface area contributed by atoms with E-state index in [2.05, 4.69) is 14.9 Å². The minimum absolute atomic E-state index is 0.144. The molecule has 2 aromatic heterocycles. The molecule has 5 rings (SSSR count). The van der Waals surface area contributed by atoms with Gasteiger partial charge in [0.2, 0.25) is 11.8 Å². The number of rotatable bonds is 4. The van der Waals surface area contributed by atoms with Gasteiger partial charge in [-0.3, -0.25) is 24.4 Å². The fourth-order valence-electron chi connectivity index (χ4n) is 4.42. The summed E-state index contributed by atoms with van der Waals surface area (Å²) in [6.45, 7) is 0.438. The summed E-state index contributed by atoms with van der Waals surface area (Å²) in [5, 5.41) is 11.5. The lowest BCUT2D eigenvalue weighted by Crippen LogP contribution is -2.51. The Kier molecular flexibility index (Phi) is 6.67. The standard InChI is InChI=1S/C23H20ClF3N4O6/c24-14-1-2-16-12(7-14)10-17(35-16)21-30-29-20(36-21)11-3-5-31(6-4-11)22(34)19(33)28-18(32)13-8-15(9-13)37-23(25,26)27/h1-2,7,10-11,13,15H,3-6,8-9H2,(H,28,32,33). The van der Waals surface area contributed by atoms with Gasteiger partial charge in [0.1, 0.15) is 5.58 Å². The number of fused-ring (bicyclic) bond motifs is 1. The van der Waals surface area contributed by atoms with Crippen LogP contribution in [0.3, 0.4) is 0 Å². The predicted octanol–water partition coefficient (Wildman–Crippen LogP) is 3.80. The van der Waals surface area contributed by atoms with Gasteiger partial charge in [0.15, 0.2) is 5.76 Å². The SMILES string of the molecule is O=C(NC(=O)C1CC(OC(F)(F)F)C1)C(=O)N1CCC(c2nnc(-c3cc4cc(Cl)ccc4o3)o2)CC1. The molecule has 0 atom stereocenters. The lowest BCUT2D eigenvalue weighted by molar-refractivity contribution is -0.353. The zero-order chi connectivity index (χ0) is 26.3. The molecule has 10 nitrogen and oxygen atoms in total. The summed E-state index contributed by atoms with van der Waals surface area (Å²) in [7, 11) is 0. The van der Waals surface area contributed by atoms with Gasteiger partial charge in [-0.05, 0) is 49.9 Å². The van der Waals surface area contributed by atoms with Crippen molar-refractivity contribution in [3.05, 3.63) is 35.2 Å². The Balaban J connectivity index is 1.11. The monoisotopic (exact) mass is 540 g/mol. The molecule has 37 heavy (non-hydrogen) atoms. The second-order valence-electron chi connectivity index (χ2n) is 8.98. The number of furan rings is 1. The molecule has 0 bridgehead atoms. The average Bonchev–Trinajstić information content (AvgIpc) is 3.47. The number of likely N-dealkylation sites (tertiary alicyclic amines) is 1. The molecular weight excluding hydrogens is 521 g/mol. The van der Waals surface area contributed by atoms with E-state index in [9.17, 15) is 27.6 Å². The Morgan fingerprint density at radius 3 is 2.51 bits per heavy atom. The Hall–Kier alpha value is -3.45. The minimum atomic E-state index is -4.78. The van der Waals surface area contributed by atoms with E-state index in [1.165, 1.54) is 4.90 Å². The topological polar surface area (TPSA) is 128 Å². The van der Waals surface area contributed by atoms with E-state index in [4.69, 9.17) is 20.4 Å². The minimum Gasteiger partial charge on any atom is -0.451 e. The third-order valence-electron chi connectivity index (χ3n) is 6.46. The highest BCUT2D eigenvalue weighted by Gasteiger charge is 2.43. The van der Waals surface area contributed by atoms with E-state index < -0.39 is 36.1 Å². The van der Waals surface area contributed by atoms with Crippen LogP contribution in [0.4, 0.5) is 13.2 Å². The number of benzene rings is 1. The van der Waals surface area contributed by atoms with Crippen molar-refractivity contribution in [2.45, 2.75) is 44.1 Å². The summed E-state index contributed by atoms with van der Waals surface area (Å²) in [6, 6.07) is 6.94. The van der Waals surface area contributed by atoms with Gasteiger partial charge in [-0.2, -0.15) is 0 Å². The molecule has 2 fully saturated rings. The third kappa shape index (κ3) is 5.62. The number of aromatic nitrogens is 2. The number of amides is 3. The fourth-order valence-corrected chi connectivity index (χ4v) is 4.60. The molecule has 1 aliphatic heterocycles. The van der Waals surface area contributed by atoms with Crippen LogP contribution in [0.1, 0.15) is 37.5 Å². The Bertz CT molecular complexity index is 1340. The molecule has 3 amide bonds. The fraction of sp³-hybridized carbons (Fsp3) is 0.435. The first-order valence-electron chi connectivity index (χ1n) is 11.5. The number of nitrogens with one attached hydrogen (secondary N) is 1. The highest BCUT2D eigenvalue weighted by Crippen LogP contribution is 2.35. The molecule has 1 N–H and O–H groups in total. The number of halogens is 4. The number of nitrogens with zero attached hydrogens (tertiary/aromatic N) is 3. The van der Waals surface area contributed by atoms with Crippen LogP contribution in [0.2, 0.25) is 5.02 Å². The van der Waals surface area contributed by atoms with Crippen LogP contribution in [0.5, 0.6) is 0 Å². The number of hydrogen-bond donors (Lipinski definition) is 1. The molecule has 3 heterocycles. The van der Waals surface area contributed by atoms with Crippen molar-refractivity contribution in [1.82, 2.24) is 20.4 Å². The van der Waals surface area contributed by atoms with Gasteiger partial charge in [-0.25, -0.2) is 0 Å². The van der Waals surface area contributed by atoms with Gasteiger partial charge in [-0.1, -0.05) is 11.6 Å². The van der Waals surface area contributed by atoms with Crippen LogP contribution in [0.15, 0.2) is 33.1 Å². The number of piperidine rings is 1. The first-order chi connectivity index (χ1) is 17.6. The number of hydrogen-bond acceptors (Lipinski definition) is 8. The van der Waals surface area contributed by atoms with Gasteiger partial charge in [0, 0.05) is 35.3 Å². The number of alkyl halides is 3. The van der Waals surface area contributed by atoms with Gasteiger partial charge < -0.3 is 13.7 Å². The van der Waals surface area contributed by atoms with Crippen LogP contribution < -0.4 is 5.32 Å². The lowest BCUT2D eigenvalue weighted by atomic mass is 9.81. The van der Waals surface area contributed by atoms with Crippen molar-refractivity contribution in [1.29, 1.82) is 0 Å². The summed E-state index contributed by atoms with van der Waals surface area (Å²) in [5.74, 6) is -2.78. The molecule has 3 aromatic rings. The Morgan fingerprint density at radius 1 is 1.08 bits per heavy atom. The zero-order valence-electron chi connectivity index (χ0n) is 19.1. The Labute approximate surface area is 212 Å². The highest BCUT2D eigenvalue weighted by molar-refractivity contribution is 6.37. The summed E-state index contributed by atoms with van der Waals surface area (Å²) >= 11 is 6.00.